The highest BCUT2D eigenvalue weighted by atomic mass is 79.9. The molecular weight excluding hydrogens is 250 g/mol. The van der Waals surface area contributed by atoms with E-state index in [2.05, 4.69) is 36.8 Å². The molecule has 0 bridgehead atoms. The van der Waals surface area contributed by atoms with Crippen molar-refractivity contribution < 1.29 is 4.79 Å². The number of H-pyrrole nitrogens is 1. The number of nitrogens with one attached hydrogen (secondary N) is 1. The maximum absolute atomic E-state index is 10.2. The summed E-state index contributed by atoms with van der Waals surface area (Å²) in [6, 6.07) is 0. The van der Waals surface area contributed by atoms with Crippen molar-refractivity contribution in [2.75, 3.05) is 0 Å². The fourth-order valence-corrected chi connectivity index (χ4v) is 1.15. The summed E-state index contributed by atoms with van der Waals surface area (Å²) in [5.74, 6) is 0. The van der Waals surface area contributed by atoms with E-state index in [1.807, 2.05) is 0 Å². The van der Waals surface area contributed by atoms with Crippen molar-refractivity contribution in [2.45, 2.75) is 0 Å². The lowest BCUT2D eigenvalue weighted by Crippen LogP contribution is -1.71. The molecule has 1 aromatic rings. The second-order valence-corrected chi connectivity index (χ2v) is 3.08. The van der Waals surface area contributed by atoms with Crippen LogP contribution in [0.25, 0.3) is 0 Å². The summed E-state index contributed by atoms with van der Waals surface area (Å²) < 4.78 is 1.57. The molecule has 0 saturated carbocycles. The van der Waals surface area contributed by atoms with E-state index in [1.165, 1.54) is 0 Å². The van der Waals surface area contributed by atoms with Crippen LogP contribution in [0.1, 0.15) is 10.4 Å². The Morgan fingerprint density at radius 1 is 1.56 bits per heavy atom. The molecule has 1 N–H and O–H groups in total. The van der Waals surface area contributed by atoms with Crippen molar-refractivity contribution in [3.05, 3.63) is 20.8 Å². The highest BCUT2D eigenvalue weighted by Gasteiger charge is 2.02. The maximum Gasteiger partial charge on any atom is 0.152 e. The summed E-state index contributed by atoms with van der Waals surface area (Å²) in [6.07, 6.45) is 2.41. The lowest BCUT2D eigenvalue weighted by atomic mass is 10.4. The van der Waals surface area contributed by atoms with Gasteiger partial charge in [0.15, 0.2) is 6.29 Å². The smallest absolute Gasteiger partial charge is 0.152 e. The quantitative estimate of drug-likeness (QED) is 0.765. The molecule has 0 spiro atoms. The van der Waals surface area contributed by atoms with Gasteiger partial charge < -0.3 is 4.98 Å². The number of aromatic amines is 1. The van der Waals surface area contributed by atoms with Crippen LogP contribution in [-0.2, 0) is 0 Å². The van der Waals surface area contributed by atoms with Crippen molar-refractivity contribution in [2.24, 2.45) is 0 Å². The predicted molar refractivity (Wildman–Crippen MR) is 41.6 cm³/mol. The zero-order chi connectivity index (χ0) is 6.85. The Bertz CT molecular complexity index is 231. The molecule has 1 heterocycles. The predicted octanol–water partition coefficient (Wildman–Crippen LogP) is 2.35. The Morgan fingerprint density at radius 3 is 2.44 bits per heavy atom. The van der Waals surface area contributed by atoms with Gasteiger partial charge in [-0.05, 0) is 31.9 Å². The van der Waals surface area contributed by atoms with E-state index in [-0.39, 0.29) is 0 Å². The molecule has 0 unspecified atom stereocenters. The minimum Gasteiger partial charge on any atom is -0.354 e. The maximum atomic E-state index is 10.2. The van der Waals surface area contributed by atoms with Crippen LogP contribution in [0, 0.1) is 0 Å². The first-order valence-corrected chi connectivity index (χ1v) is 3.82. The van der Waals surface area contributed by atoms with Crippen molar-refractivity contribution in [1.82, 2.24) is 4.98 Å². The van der Waals surface area contributed by atoms with Crippen LogP contribution in [0.3, 0.4) is 0 Å². The largest absolute Gasteiger partial charge is 0.354 e. The fraction of sp³-hybridized carbons (Fsp3) is 0. The standard InChI is InChI=1S/C5H3Br2NO/c6-4-3(2-9)1-8-5(4)7/h1-2,8H. The first kappa shape index (κ1) is 7.02. The van der Waals surface area contributed by atoms with E-state index in [4.69, 9.17) is 0 Å². The molecule has 0 saturated heterocycles. The monoisotopic (exact) mass is 251 g/mol. The van der Waals surface area contributed by atoms with E-state index >= 15 is 0 Å². The highest BCUT2D eigenvalue weighted by Crippen LogP contribution is 2.24. The number of carbonyl (C=O) groups excluding carboxylic acids is 1. The van der Waals surface area contributed by atoms with Crippen LogP contribution in [0.4, 0.5) is 0 Å². The lowest BCUT2D eigenvalue weighted by molar-refractivity contribution is 0.112. The van der Waals surface area contributed by atoms with E-state index in [9.17, 15) is 4.79 Å². The first-order valence-electron chi connectivity index (χ1n) is 2.23. The average molecular weight is 253 g/mol. The number of carbonyl (C=O) groups is 1. The Balaban J connectivity index is 3.18. The Hall–Kier alpha value is -0.0900. The molecule has 0 aliphatic heterocycles. The second kappa shape index (κ2) is 2.66. The molecule has 0 aliphatic carbocycles. The molecule has 9 heavy (non-hydrogen) atoms. The first-order chi connectivity index (χ1) is 4.25. The molecule has 0 fully saturated rings. The third-order valence-corrected chi connectivity index (χ3v) is 2.94. The van der Waals surface area contributed by atoms with Crippen molar-refractivity contribution in [3.63, 3.8) is 0 Å². The molecule has 0 aromatic carbocycles. The van der Waals surface area contributed by atoms with Gasteiger partial charge in [-0.15, -0.1) is 0 Å². The number of rotatable bonds is 1. The van der Waals surface area contributed by atoms with Gasteiger partial charge >= 0.3 is 0 Å². The van der Waals surface area contributed by atoms with Gasteiger partial charge in [-0.3, -0.25) is 4.79 Å². The molecule has 0 aliphatic rings. The van der Waals surface area contributed by atoms with Gasteiger partial charge in [0.25, 0.3) is 0 Å². The normalized spacial score (nSPS) is 9.56. The van der Waals surface area contributed by atoms with E-state index < -0.39 is 0 Å². The molecule has 0 radical (unpaired) electrons. The van der Waals surface area contributed by atoms with Crippen LogP contribution in [-0.4, -0.2) is 11.3 Å². The van der Waals surface area contributed by atoms with Crippen LogP contribution >= 0.6 is 31.9 Å². The van der Waals surface area contributed by atoms with Gasteiger partial charge in [-0.1, -0.05) is 0 Å². The lowest BCUT2D eigenvalue weighted by Gasteiger charge is -1.81. The molecule has 4 heteroatoms. The molecule has 0 atom stereocenters. The van der Waals surface area contributed by atoms with Crippen molar-refractivity contribution in [3.8, 4) is 0 Å². The Labute approximate surface area is 68.9 Å². The Kier molecular flexibility index (Phi) is 2.08. The number of hydrogen-bond acceptors (Lipinski definition) is 1. The molecule has 0 amide bonds. The van der Waals surface area contributed by atoms with E-state index in [0.717, 1.165) is 15.4 Å². The van der Waals surface area contributed by atoms with Crippen LogP contribution in [0.5, 0.6) is 0 Å². The zero-order valence-corrected chi connectivity index (χ0v) is 7.49. The van der Waals surface area contributed by atoms with E-state index in [1.54, 1.807) is 6.20 Å². The summed E-state index contributed by atoms with van der Waals surface area (Å²) in [5, 5.41) is 0. The number of hydrogen-bond donors (Lipinski definition) is 1. The van der Waals surface area contributed by atoms with Crippen LogP contribution < -0.4 is 0 Å². The summed E-state index contributed by atoms with van der Waals surface area (Å²) in [5.41, 5.74) is 0.627. The Morgan fingerprint density at radius 2 is 2.22 bits per heavy atom. The van der Waals surface area contributed by atoms with Crippen LogP contribution in [0.2, 0.25) is 0 Å². The molecule has 1 aromatic heterocycles. The molecule has 2 nitrogen and oxygen atoms in total. The van der Waals surface area contributed by atoms with Crippen molar-refractivity contribution in [1.29, 1.82) is 0 Å². The van der Waals surface area contributed by atoms with E-state index in [0.29, 0.717) is 5.56 Å². The van der Waals surface area contributed by atoms with Gasteiger partial charge in [0.05, 0.1) is 9.08 Å². The third kappa shape index (κ3) is 1.24. The fourth-order valence-electron chi connectivity index (χ4n) is 0.480. The molecule has 48 valence electrons. The number of halogens is 2. The summed E-state index contributed by atoms with van der Waals surface area (Å²) in [7, 11) is 0. The molecular formula is C5H3Br2NO. The number of aldehydes is 1. The van der Waals surface area contributed by atoms with Gasteiger partial charge in [0, 0.05) is 11.8 Å². The number of aromatic nitrogens is 1. The highest BCUT2D eigenvalue weighted by molar-refractivity contribution is 9.13. The van der Waals surface area contributed by atoms with Gasteiger partial charge in [-0.25, -0.2) is 0 Å². The van der Waals surface area contributed by atoms with Crippen LogP contribution in [0.15, 0.2) is 15.3 Å². The van der Waals surface area contributed by atoms with Gasteiger partial charge in [-0.2, -0.15) is 0 Å². The molecule has 1 rings (SSSR count). The third-order valence-electron chi connectivity index (χ3n) is 0.928. The topological polar surface area (TPSA) is 32.9 Å². The average Bonchev–Trinajstić information content (AvgIpc) is 2.15. The summed E-state index contributed by atoms with van der Waals surface area (Å²) in [4.78, 5) is 13.0. The second-order valence-electron chi connectivity index (χ2n) is 1.49. The van der Waals surface area contributed by atoms with Gasteiger partial charge in [0.2, 0.25) is 0 Å². The summed E-state index contributed by atoms with van der Waals surface area (Å²) >= 11 is 6.40. The SMILES string of the molecule is O=Cc1c[nH]c(Br)c1Br. The minimum absolute atomic E-state index is 0.627. The van der Waals surface area contributed by atoms with Crippen molar-refractivity contribution >= 4 is 38.1 Å². The van der Waals surface area contributed by atoms with Gasteiger partial charge in [0.1, 0.15) is 0 Å². The minimum atomic E-state index is 0.627. The zero-order valence-electron chi connectivity index (χ0n) is 4.32. The summed E-state index contributed by atoms with van der Waals surface area (Å²) in [6.45, 7) is 0.